The van der Waals surface area contributed by atoms with Crippen molar-refractivity contribution in [2.24, 2.45) is 0 Å². The Labute approximate surface area is 213 Å². The lowest BCUT2D eigenvalue weighted by Crippen LogP contribution is -2.28. The molecule has 0 saturated carbocycles. The van der Waals surface area contributed by atoms with Gasteiger partial charge in [0.05, 0.1) is 6.10 Å². The number of carbonyl (C=O) groups is 2. The Morgan fingerprint density at radius 1 is 1.08 bits per heavy atom. The van der Waals surface area contributed by atoms with Crippen LogP contribution in [0, 0.1) is 0 Å². The SMILES string of the molecule is O=C1Nc2ccc(Cl)cc2C1=CC1=CC=C(c2cccc(C(=O)NCC(O)c3ccccc3)c2)OC1. The van der Waals surface area contributed by atoms with Gasteiger partial charge in [-0.15, -0.1) is 0 Å². The van der Waals surface area contributed by atoms with Gasteiger partial charge in [-0.3, -0.25) is 9.59 Å². The standard InChI is InChI=1S/C29H23ClN2O4/c30-22-10-11-25-23(15-22)24(29(35)32-25)13-18-9-12-27(36-17-18)20-7-4-8-21(14-20)28(34)31-16-26(33)19-5-2-1-3-6-19/h1-15,26,33H,16-17H2,(H,31,34)(H,32,35). The third-order valence-corrected chi connectivity index (χ3v) is 6.22. The van der Waals surface area contributed by atoms with Gasteiger partial charge in [0.2, 0.25) is 0 Å². The van der Waals surface area contributed by atoms with Crippen LogP contribution in [0.2, 0.25) is 5.02 Å². The van der Waals surface area contributed by atoms with Crippen LogP contribution in [0.25, 0.3) is 11.3 Å². The molecule has 0 fully saturated rings. The van der Waals surface area contributed by atoms with E-state index in [-0.39, 0.29) is 25.0 Å². The molecular weight excluding hydrogens is 476 g/mol. The Hall–Kier alpha value is -4.13. The highest BCUT2D eigenvalue weighted by atomic mass is 35.5. The maximum absolute atomic E-state index is 12.7. The van der Waals surface area contributed by atoms with Crippen LogP contribution in [-0.4, -0.2) is 30.1 Å². The fourth-order valence-electron chi connectivity index (χ4n) is 4.10. The smallest absolute Gasteiger partial charge is 0.256 e. The van der Waals surface area contributed by atoms with E-state index in [0.717, 1.165) is 28.0 Å². The summed E-state index contributed by atoms with van der Waals surface area (Å²) in [6, 6.07) is 21.6. The molecule has 5 rings (SSSR count). The van der Waals surface area contributed by atoms with Crippen LogP contribution >= 0.6 is 11.6 Å². The van der Waals surface area contributed by atoms with Crippen LogP contribution in [0.4, 0.5) is 5.69 Å². The van der Waals surface area contributed by atoms with Crippen molar-refractivity contribution < 1.29 is 19.4 Å². The number of nitrogens with one attached hydrogen (secondary N) is 2. The lowest BCUT2D eigenvalue weighted by molar-refractivity contribution is -0.110. The van der Waals surface area contributed by atoms with E-state index in [2.05, 4.69) is 10.6 Å². The minimum absolute atomic E-state index is 0.106. The van der Waals surface area contributed by atoms with Crippen molar-refractivity contribution >= 4 is 40.4 Å². The number of carbonyl (C=O) groups excluding carboxylic acids is 2. The van der Waals surface area contributed by atoms with Crippen LogP contribution in [0.1, 0.15) is 33.2 Å². The Bertz CT molecular complexity index is 1430. The minimum Gasteiger partial charge on any atom is -0.488 e. The molecule has 3 aromatic carbocycles. The molecule has 1 unspecified atom stereocenters. The molecule has 2 heterocycles. The van der Waals surface area contributed by atoms with E-state index >= 15 is 0 Å². The van der Waals surface area contributed by atoms with Crippen molar-refractivity contribution in [1.82, 2.24) is 5.32 Å². The minimum atomic E-state index is -0.787. The highest BCUT2D eigenvalue weighted by Crippen LogP contribution is 2.35. The molecule has 7 heteroatoms. The van der Waals surface area contributed by atoms with E-state index in [4.69, 9.17) is 16.3 Å². The zero-order valence-electron chi connectivity index (χ0n) is 19.2. The summed E-state index contributed by atoms with van der Waals surface area (Å²) in [5, 5.41) is 16.5. The van der Waals surface area contributed by atoms with Gasteiger partial charge >= 0.3 is 0 Å². The van der Waals surface area contributed by atoms with Crippen LogP contribution in [-0.2, 0) is 9.53 Å². The Morgan fingerprint density at radius 2 is 1.92 bits per heavy atom. The monoisotopic (exact) mass is 498 g/mol. The van der Waals surface area contributed by atoms with E-state index in [0.29, 0.717) is 21.9 Å². The van der Waals surface area contributed by atoms with Gasteiger partial charge in [-0.1, -0.05) is 60.1 Å². The van der Waals surface area contributed by atoms with E-state index in [1.807, 2.05) is 48.6 Å². The van der Waals surface area contributed by atoms with Gasteiger partial charge in [0.1, 0.15) is 12.4 Å². The molecule has 0 saturated heterocycles. The first-order chi connectivity index (χ1) is 17.5. The predicted molar refractivity (Wildman–Crippen MR) is 140 cm³/mol. The maximum Gasteiger partial charge on any atom is 0.256 e. The quantitative estimate of drug-likeness (QED) is 0.411. The molecule has 0 aliphatic carbocycles. The number of hydrogen-bond acceptors (Lipinski definition) is 4. The van der Waals surface area contributed by atoms with Gasteiger partial charge in [-0.2, -0.15) is 0 Å². The molecule has 36 heavy (non-hydrogen) atoms. The topological polar surface area (TPSA) is 87.7 Å². The number of halogens is 1. The summed E-state index contributed by atoms with van der Waals surface area (Å²) in [5.41, 5.74) is 4.83. The van der Waals surface area contributed by atoms with Crippen molar-refractivity contribution in [2.45, 2.75) is 6.10 Å². The molecule has 0 spiro atoms. The van der Waals surface area contributed by atoms with Crippen molar-refractivity contribution in [3.8, 4) is 0 Å². The molecule has 2 aliphatic rings. The van der Waals surface area contributed by atoms with Gasteiger partial charge in [0, 0.05) is 39.5 Å². The van der Waals surface area contributed by atoms with E-state index in [1.165, 1.54) is 0 Å². The number of ether oxygens (including phenoxy) is 1. The molecule has 6 nitrogen and oxygen atoms in total. The van der Waals surface area contributed by atoms with E-state index in [9.17, 15) is 14.7 Å². The number of fused-ring (bicyclic) bond motifs is 1. The summed E-state index contributed by atoms with van der Waals surface area (Å²) in [6.45, 7) is 0.382. The zero-order chi connectivity index (χ0) is 25.1. The lowest BCUT2D eigenvalue weighted by Gasteiger charge is -2.16. The van der Waals surface area contributed by atoms with Gasteiger partial charge in [-0.25, -0.2) is 0 Å². The van der Waals surface area contributed by atoms with Crippen molar-refractivity contribution in [3.05, 3.63) is 124 Å². The van der Waals surface area contributed by atoms with Gasteiger partial charge < -0.3 is 20.5 Å². The number of benzene rings is 3. The average molecular weight is 499 g/mol. The number of hydrogen-bond donors (Lipinski definition) is 3. The largest absolute Gasteiger partial charge is 0.488 e. The number of aliphatic hydroxyl groups is 1. The van der Waals surface area contributed by atoms with Crippen LogP contribution in [0.3, 0.4) is 0 Å². The van der Waals surface area contributed by atoms with Crippen LogP contribution in [0.15, 0.2) is 96.6 Å². The van der Waals surface area contributed by atoms with E-state index < -0.39 is 6.10 Å². The fraction of sp³-hybridized carbons (Fsp3) is 0.103. The van der Waals surface area contributed by atoms with Gasteiger partial charge in [0.25, 0.3) is 11.8 Å². The summed E-state index contributed by atoms with van der Waals surface area (Å²) in [4.78, 5) is 25.1. The molecule has 180 valence electrons. The number of amides is 2. The molecule has 3 N–H and O–H groups in total. The average Bonchev–Trinajstić information content (AvgIpc) is 3.22. The summed E-state index contributed by atoms with van der Waals surface area (Å²) >= 11 is 6.11. The summed E-state index contributed by atoms with van der Waals surface area (Å²) in [6.07, 6.45) is 4.72. The van der Waals surface area contributed by atoms with Gasteiger partial charge in [0.15, 0.2) is 0 Å². The first-order valence-corrected chi connectivity index (χ1v) is 11.8. The van der Waals surface area contributed by atoms with Gasteiger partial charge in [-0.05, 0) is 53.6 Å². The highest BCUT2D eigenvalue weighted by Gasteiger charge is 2.25. The number of allylic oxidation sites excluding steroid dienone is 2. The second-order valence-electron chi connectivity index (χ2n) is 8.48. The van der Waals surface area contributed by atoms with Crippen molar-refractivity contribution in [2.75, 3.05) is 18.5 Å². The molecule has 0 bridgehead atoms. The first kappa shape index (κ1) is 23.6. The van der Waals surface area contributed by atoms with E-state index in [1.54, 1.807) is 42.5 Å². The van der Waals surface area contributed by atoms with Crippen molar-refractivity contribution in [3.63, 3.8) is 0 Å². The molecule has 3 aromatic rings. The number of anilines is 1. The highest BCUT2D eigenvalue weighted by molar-refractivity contribution is 6.34. The molecule has 2 amide bonds. The number of aliphatic hydroxyl groups excluding tert-OH is 1. The maximum atomic E-state index is 12.7. The van der Waals surface area contributed by atoms with Crippen LogP contribution in [0.5, 0.6) is 0 Å². The third kappa shape index (κ3) is 5.10. The summed E-state index contributed by atoms with van der Waals surface area (Å²) in [5.74, 6) is 0.156. The predicted octanol–water partition coefficient (Wildman–Crippen LogP) is 5.14. The molecule has 1 atom stereocenters. The first-order valence-electron chi connectivity index (χ1n) is 11.5. The fourth-order valence-corrected chi connectivity index (χ4v) is 4.27. The Kier molecular flexibility index (Phi) is 6.71. The summed E-state index contributed by atoms with van der Waals surface area (Å²) in [7, 11) is 0. The molecule has 0 radical (unpaired) electrons. The molecule has 0 aromatic heterocycles. The molecular formula is C29H23ClN2O4. The third-order valence-electron chi connectivity index (χ3n) is 5.99. The molecule has 2 aliphatic heterocycles. The lowest BCUT2D eigenvalue weighted by atomic mass is 10.0. The second-order valence-corrected chi connectivity index (χ2v) is 8.92. The number of rotatable bonds is 6. The summed E-state index contributed by atoms with van der Waals surface area (Å²) < 4.78 is 5.94. The second kappa shape index (κ2) is 10.2. The Morgan fingerprint density at radius 3 is 2.69 bits per heavy atom. The Balaban J connectivity index is 1.28. The van der Waals surface area contributed by atoms with Crippen molar-refractivity contribution in [1.29, 1.82) is 0 Å². The van der Waals surface area contributed by atoms with Crippen LogP contribution < -0.4 is 10.6 Å². The zero-order valence-corrected chi connectivity index (χ0v) is 20.0. The normalized spacial score (nSPS) is 16.4.